The van der Waals surface area contributed by atoms with Crippen LogP contribution in [0.1, 0.15) is 103 Å². The molecule has 180 valence electrons. The summed E-state index contributed by atoms with van der Waals surface area (Å²) in [6, 6.07) is 0. The molecule has 0 aliphatic rings. The summed E-state index contributed by atoms with van der Waals surface area (Å²) in [5, 5.41) is 12.0. The van der Waals surface area contributed by atoms with Gasteiger partial charge in [0.15, 0.2) is 0 Å². The van der Waals surface area contributed by atoms with Gasteiger partial charge in [-0.3, -0.25) is 4.79 Å². The van der Waals surface area contributed by atoms with Crippen molar-refractivity contribution in [1.29, 1.82) is 0 Å². The number of carbonyl (C=O) groups excluding carboxylic acids is 1. The molecule has 5 heteroatoms. The van der Waals surface area contributed by atoms with Crippen molar-refractivity contribution in [3.05, 3.63) is 12.2 Å². The molecule has 1 amide bonds. The van der Waals surface area contributed by atoms with Gasteiger partial charge in [-0.05, 0) is 32.1 Å². The van der Waals surface area contributed by atoms with Crippen molar-refractivity contribution < 1.29 is 26.8 Å². The normalized spacial score (nSPS) is 11.6. The van der Waals surface area contributed by atoms with E-state index in [1.807, 2.05) is 0 Å². The summed E-state index contributed by atoms with van der Waals surface area (Å²) in [5.74, 6) is 0.190. The summed E-state index contributed by atoms with van der Waals surface area (Å²) in [5.41, 5.74) is 0. The Morgan fingerprint density at radius 3 is 1.90 bits per heavy atom. The molecule has 0 bridgehead atoms. The first-order chi connectivity index (χ1) is 14.0. The molecule has 2 N–H and O–H groups in total. The molecule has 0 rings (SSSR count). The molecule has 0 atom stereocenters. The standard InChI is InChI=1S/C25H50N2O2.ClH/c1-4-5-6-7-8-9-10-11-12-13-14-15-16-17-18-20-25(29)26-21-19-22-27(2,3)23-24-28;/h11-12,28H,4-10,13-24H2,1-3H3;1H/b12-11-;. The van der Waals surface area contributed by atoms with E-state index in [0.29, 0.717) is 6.42 Å². The van der Waals surface area contributed by atoms with Gasteiger partial charge >= 0.3 is 0 Å². The Hall–Kier alpha value is -0.580. The monoisotopic (exact) mass is 446 g/mol. The molecule has 0 saturated heterocycles. The second kappa shape index (κ2) is 23.1. The molecule has 0 aromatic rings. The van der Waals surface area contributed by atoms with Gasteiger partial charge in [-0.2, -0.15) is 0 Å². The van der Waals surface area contributed by atoms with Crippen LogP contribution in [-0.4, -0.2) is 55.8 Å². The lowest BCUT2D eigenvalue weighted by atomic mass is 10.1. The van der Waals surface area contributed by atoms with Crippen molar-refractivity contribution in [1.82, 2.24) is 5.32 Å². The number of aliphatic hydroxyl groups is 1. The van der Waals surface area contributed by atoms with Crippen LogP contribution in [0.3, 0.4) is 0 Å². The van der Waals surface area contributed by atoms with Gasteiger partial charge in [-0.15, -0.1) is 0 Å². The molecule has 30 heavy (non-hydrogen) atoms. The van der Waals surface area contributed by atoms with Crippen molar-refractivity contribution in [2.45, 2.75) is 103 Å². The third kappa shape index (κ3) is 23.7. The van der Waals surface area contributed by atoms with Gasteiger partial charge < -0.3 is 27.3 Å². The van der Waals surface area contributed by atoms with Crippen LogP contribution in [0.25, 0.3) is 0 Å². The number of hydrogen-bond acceptors (Lipinski definition) is 2. The lowest BCUT2D eigenvalue weighted by Gasteiger charge is -2.28. The van der Waals surface area contributed by atoms with Gasteiger partial charge in [-0.25, -0.2) is 0 Å². The summed E-state index contributed by atoms with van der Waals surface area (Å²) >= 11 is 0. The molecular formula is C25H51ClN2O2. The number of unbranched alkanes of at least 4 members (excludes halogenated alkanes) is 11. The van der Waals surface area contributed by atoms with Crippen LogP contribution in [0.5, 0.6) is 0 Å². The van der Waals surface area contributed by atoms with Crippen LogP contribution in [0.4, 0.5) is 0 Å². The lowest BCUT2D eigenvalue weighted by molar-refractivity contribution is -0.890. The molecular weight excluding hydrogens is 396 g/mol. The quantitative estimate of drug-likeness (QED) is 0.162. The second-order valence-electron chi connectivity index (χ2n) is 9.14. The zero-order valence-electron chi connectivity index (χ0n) is 20.3. The first-order valence-corrected chi connectivity index (χ1v) is 12.4. The van der Waals surface area contributed by atoms with E-state index in [2.05, 4.69) is 38.5 Å². The molecule has 0 aliphatic carbocycles. The summed E-state index contributed by atoms with van der Waals surface area (Å²) < 4.78 is 0.806. The Bertz CT molecular complexity index is 401. The van der Waals surface area contributed by atoms with Gasteiger partial charge in [0.25, 0.3) is 0 Å². The van der Waals surface area contributed by atoms with Gasteiger partial charge in [0.05, 0.1) is 27.2 Å². The molecule has 0 fully saturated rings. The van der Waals surface area contributed by atoms with E-state index >= 15 is 0 Å². The Morgan fingerprint density at radius 1 is 0.800 bits per heavy atom. The molecule has 4 nitrogen and oxygen atoms in total. The molecule has 0 spiro atoms. The van der Waals surface area contributed by atoms with Crippen LogP contribution >= 0.6 is 0 Å². The predicted molar refractivity (Wildman–Crippen MR) is 126 cm³/mol. The van der Waals surface area contributed by atoms with E-state index in [4.69, 9.17) is 5.11 Å². The second-order valence-corrected chi connectivity index (χ2v) is 9.14. The highest BCUT2D eigenvalue weighted by Gasteiger charge is 2.13. The number of hydrogen-bond donors (Lipinski definition) is 2. The van der Waals surface area contributed by atoms with E-state index in [-0.39, 0.29) is 24.9 Å². The molecule has 0 saturated carbocycles. The maximum atomic E-state index is 11.9. The molecule has 0 radical (unpaired) electrons. The van der Waals surface area contributed by atoms with Gasteiger partial charge in [-0.1, -0.05) is 70.4 Å². The topological polar surface area (TPSA) is 49.3 Å². The van der Waals surface area contributed by atoms with Crippen molar-refractivity contribution in [2.75, 3.05) is 40.3 Å². The fourth-order valence-electron chi connectivity index (χ4n) is 3.56. The van der Waals surface area contributed by atoms with Crippen LogP contribution in [0.15, 0.2) is 12.2 Å². The van der Waals surface area contributed by atoms with E-state index in [9.17, 15) is 4.79 Å². The highest BCUT2D eigenvalue weighted by molar-refractivity contribution is 5.75. The summed E-state index contributed by atoms with van der Waals surface area (Å²) in [6.45, 7) is 4.98. The largest absolute Gasteiger partial charge is 1.00 e. The van der Waals surface area contributed by atoms with Crippen LogP contribution in [-0.2, 0) is 4.79 Å². The Morgan fingerprint density at radius 2 is 1.33 bits per heavy atom. The van der Waals surface area contributed by atoms with Crippen LogP contribution in [0.2, 0.25) is 0 Å². The van der Waals surface area contributed by atoms with Gasteiger partial charge in [0, 0.05) is 19.4 Å². The van der Waals surface area contributed by atoms with Crippen LogP contribution in [0, 0.1) is 0 Å². The third-order valence-corrected chi connectivity index (χ3v) is 5.63. The molecule has 0 unspecified atom stereocenters. The van der Waals surface area contributed by atoms with E-state index in [1.165, 1.54) is 70.6 Å². The number of amides is 1. The zero-order chi connectivity index (χ0) is 21.6. The minimum Gasteiger partial charge on any atom is -1.00 e. The smallest absolute Gasteiger partial charge is 0.219 e. The maximum absolute atomic E-state index is 11.9. The number of nitrogens with zero attached hydrogens (tertiary/aromatic N) is 1. The number of quaternary nitrogens is 1. The number of rotatable bonds is 21. The minimum absolute atomic E-state index is 0. The van der Waals surface area contributed by atoms with Crippen molar-refractivity contribution >= 4 is 5.91 Å². The number of likely N-dealkylation sites (N-methyl/N-ethyl adjacent to an activating group) is 1. The average Bonchev–Trinajstić information content (AvgIpc) is 2.68. The van der Waals surface area contributed by atoms with E-state index in [0.717, 1.165) is 43.4 Å². The SMILES string of the molecule is CCCCCCCC/C=C\CCCCCCCC(=O)NCCC[N+](C)(C)CCO.[Cl-]. The lowest BCUT2D eigenvalue weighted by Crippen LogP contribution is -3.00. The zero-order valence-corrected chi connectivity index (χ0v) is 21.0. The summed E-state index contributed by atoms with van der Waals surface area (Å²) in [4.78, 5) is 11.9. The fraction of sp³-hybridized carbons (Fsp3) is 0.880. The average molecular weight is 447 g/mol. The predicted octanol–water partition coefficient (Wildman–Crippen LogP) is 2.60. The van der Waals surface area contributed by atoms with Crippen molar-refractivity contribution in [3.63, 3.8) is 0 Å². The number of allylic oxidation sites excluding steroid dienone is 2. The Balaban J connectivity index is 0. The number of halogens is 1. The Labute approximate surface area is 193 Å². The highest BCUT2D eigenvalue weighted by Crippen LogP contribution is 2.10. The molecule has 0 heterocycles. The highest BCUT2D eigenvalue weighted by atomic mass is 35.5. The molecule has 0 aromatic heterocycles. The minimum atomic E-state index is 0. The first kappa shape index (κ1) is 31.6. The Kier molecular flexibility index (Phi) is 24.3. The third-order valence-electron chi connectivity index (χ3n) is 5.63. The maximum Gasteiger partial charge on any atom is 0.219 e. The van der Waals surface area contributed by atoms with Crippen LogP contribution < -0.4 is 17.7 Å². The number of carbonyl (C=O) groups is 1. The van der Waals surface area contributed by atoms with E-state index < -0.39 is 0 Å². The van der Waals surface area contributed by atoms with Gasteiger partial charge in [0.2, 0.25) is 5.91 Å². The number of nitrogens with one attached hydrogen (secondary N) is 1. The van der Waals surface area contributed by atoms with Crippen molar-refractivity contribution in [3.8, 4) is 0 Å². The first-order valence-electron chi connectivity index (χ1n) is 12.4. The van der Waals surface area contributed by atoms with Crippen molar-refractivity contribution in [2.24, 2.45) is 0 Å². The summed E-state index contributed by atoms with van der Waals surface area (Å²) in [6.07, 6.45) is 23.1. The van der Waals surface area contributed by atoms with E-state index in [1.54, 1.807) is 0 Å². The van der Waals surface area contributed by atoms with Gasteiger partial charge in [0.1, 0.15) is 6.54 Å². The fourth-order valence-corrected chi connectivity index (χ4v) is 3.56. The molecule has 0 aromatic carbocycles. The summed E-state index contributed by atoms with van der Waals surface area (Å²) in [7, 11) is 4.23. The molecule has 0 aliphatic heterocycles. The number of aliphatic hydroxyl groups excluding tert-OH is 1.